The van der Waals surface area contributed by atoms with E-state index in [0.717, 1.165) is 11.4 Å². The molecule has 1 N–H and O–H groups in total. The number of hydrogen-bond donors (Lipinski definition) is 1. The van der Waals surface area contributed by atoms with E-state index in [1.54, 1.807) is 23.0 Å². The molecule has 4 nitrogen and oxygen atoms in total. The first kappa shape index (κ1) is 18.1. The molecule has 1 heterocycles. The molecule has 128 valence electrons. The van der Waals surface area contributed by atoms with E-state index >= 15 is 0 Å². The second-order valence-electron chi connectivity index (χ2n) is 5.15. The Morgan fingerprint density at radius 3 is 2.32 bits per heavy atom. The minimum atomic E-state index is 0.373. The molecule has 0 radical (unpaired) electrons. The summed E-state index contributed by atoms with van der Waals surface area (Å²) in [7, 11) is 0. The van der Waals surface area contributed by atoms with Crippen LogP contribution in [0.5, 0.6) is 0 Å². The van der Waals surface area contributed by atoms with Crippen molar-refractivity contribution in [3.63, 3.8) is 0 Å². The van der Waals surface area contributed by atoms with Gasteiger partial charge in [-0.25, -0.2) is 4.68 Å². The molecule has 0 bridgehead atoms. The molecule has 0 aliphatic rings. The van der Waals surface area contributed by atoms with Gasteiger partial charge in [0.05, 0.1) is 38.9 Å². The first-order valence-corrected chi connectivity index (χ1v) is 8.72. The van der Waals surface area contributed by atoms with Crippen molar-refractivity contribution in [2.75, 3.05) is 5.43 Å². The molecule has 3 rings (SSSR count). The van der Waals surface area contributed by atoms with E-state index in [4.69, 9.17) is 46.4 Å². The van der Waals surface area contributed by atoms with Crippen molar-refractivity contribution in [1.29, 1.82) is 0 Å². The lowest BCUT2D eigenvalue weighted by atomic mass is 10.3. The third kappa shape index (κ3) is 3.93. The molecule has 8 heteroatoms. The summed E-state index contributed by atoms with van der Waals surface area (Å²) < 4.78 is 1.65. The Labute approximate surface area is 165 Å². The third-order valence-electron chi connectivity index (χ3n) is 3.43. The highest BCUT2D eigenvalue weighted by Crippen LogP contribution is 2.33. The quantitative estimate of drug-likeness (QED) is 0.406. The predicted octanol–water partition coefficient (Wildman–Crippen LogP) is 6.24. The molecule has 3 aromatic rings. The van der Waals surface area contributed by atoms with Crippen LogP contribution in [0.2, 0.25) is 20.2 Å². The Bertz CT molecular complexity index is 912. The summed E-state index contributed by atoms with van der Waals surface area (Å²) in [6.07, 6.45) is 1.57. The van der Waals surface area contributed by atoms with Gasteiger partial charge in [0.15, 0.2) is 0 Å². The van der Waals surface area contributed by atoms with Crippen molar-refractivity contribution in [1.82, 2.24) is 9.78 Å². The van der Waals surface area contributed by atoms with Gasteiger partial charge in [0.1, 0.15) is 5.15 Å². The average molecular weight is 414 g/mol. The fourth-order valence-electron chi connectivity index (χ4n) is 2.21. The maximum atomic E-state index is 6.44. The SMILES string of the molecule is Cc1nn(-c2ccccc2)c(Cl)c1/C=N/Nc1c(Cl)cc(Cl)cc1Cl. The van der Waals surface area contributed by atoms with E-state index in [2.05, 4.69) is 15.6 Å². The van der Waals surface area contributed by atoms with Crippen molar-refractivity contribution in [3.05, 3.63) is 73.9 Å². The largest absolute Gasteiger partial charge is 0.275 e. The number of nitrogens with one attached hydrogen (secondary N) is 1. The molecule has 0 amide bonds. The fraction of sp³-hybridized carbons (Fsp3) is 0.0588. The molecule has 0 atom stereocenters. The Morgan fingerprint density at radius 2 is 1.68 bits per heavy atom. The van der Waals surface area contributed by atoms with Crippen LogP contribution < -0.4 is 5.43 Å². The highest BCUT2D eigenvalue weighted by atomic mass is 35.5. The molecule has 1 aromatic heterocycles. The molecule has 0 fully saturated rings. The van der Waals surface area contributed by atoms with Gasteiger partial charge in [-0.2, -0.15) is 10.2 Å². The van der Waals surface area contributed by atoms with E-state index in [1.165, 1.54) is 0 Å². The van der Waals surface area contributed by atoms with Crippen molar-refractivity contribution in [3.8, 4) is 5.69 Å². The van der Waals surface area contributed by atoms with Crippen molar-refractivity contribution >= 4 is 58.3 Å². The molecule has 2 aromatic carbocycles. The standard InChI is InChI=1S/C17H12Cl4N4/c1-10-13(17(21)25(24-10)12-5-3-2-4-6-12)9-22-23-16-14(19)7-11(18)8-15(16)20/h2-9,23H,1H3/b22-9+. The summed E-state index contributed by atoms with van der Waals surface area (Å²) in [5.41, 5.74) is 5.58. The molecule has 0 aliphatic heterocycles. The van der Waals surface area contributed by atoms with Crippen LogP contribution in [0.4, 0.5) is 5.69 Å². The van der Waals surface area contributed by atoms with Crippen molar-refractivity contribution < 1.29 is 0 Å². The maximum Gasteiger partial charge on any atom is 0.142 e. The first-order chi connectivity index (χ1) is 12.0. The average Bonchev–Trinajstić information content (AvgIpc) is 2.85. The number of hydrazone groups is 1. The summed E-state index contributed by atoms with van der Waals surface area (Å²) in [4.78, 5) is 0. The maximum absolute atomic E-state index is 6.44. The van der Waals surface area contributed by atoms with Gasteiger partial charge >= 0.3 is 0 Å². The van der Waals surface area contributed by atoms with Crippen molar-refractivity contribution in [2.24, 2.45) is 5.10 Å². The smallest absolute Gasteiger partial charge is 0.142 e. The fourth-order valence-corrected chi connectivity index (χ4v) is 3.43. The van der Waals surface area contributed by atoms with Crippen LogP contribution in [0.25, 0.3) is 5.69 Å². The van der Waals surface area contributed by atoms with Crippen LogP contribution in [0.15, 0.2) is 47.6 Å². The van der Waals surface area contributed by atoms with Gasteiger partial charge in [0, 0.05) is 5.02 Å². The van der Waals surface area contributed by atoms with Crippen LogP contribution in [0.3, 0.4) is 0 Å². The van der Waals surface area contributed by atoms with Gasteiger partial charge in [-0.1, -0.05) is 64.6 Å². The molecule has 0 aliphatic carbocycles. The molecule has 0 saturated carbocycles. The second kappa shape index (κ2) is 7.67. The van der Waals surface area contributed by atoms with E-state index in [9.17, 15) is 0 Å². The zero-order chi connectivity index (χ0) is 18.0. The highest BCUT2D eigenvalue weighted by Gasteiger charge is 2.13. The van der Waals surface area contributed by atoms with Crippen LogP contribution in [0.1, 0.15) is 11.3 Å². The van der Waals surface area contributed by atoms with Crippen LogP contribution >= 0.6 is 46.4 Å². The van der Waals surface area contributed by atoms with E-state index in [1.807, 2.05) is 37.3 Å². The number of nitrogens with zero attached hydrogens (tertiary/aromatic N) is 3. The zero-order valence-corrected chi connectivity index (χ0v) is 16.0. The van der Waals surface area contributed by atoms with Crippen LogP contribution in [-0.2, 0) is 0 Å². The third-order valence-corrected chi connectivity index (χ3v) is 4.60. The number of para-hydroxylation sites is 1. The van der Waals surface area contributed by atoms with Crippen LogP contribution in [0, 0.1) is 6.92 Å². The summed E-state index contributed by atoms with van der Waals surface area (Å²) in [5.74, 6) is 0. The number of benzene rings is 2. The van der Waals surface area contributed by atoms with Gasteiger partial charge in [0.25, 0.3) is 0 Å². The van der Waals surface area contributed by atoms with Gasteiger partial charge in [-0.3, -0.25) is 5.43 Å². The Hall–Kier alpha value is -1.72. The van der Waals surface area contributed by atoms with Gasteiger partial charge in [-0.15, -0.1) is 0 Å². The lowest BCUT2D eigenvalue weighted by Gasteiger charge is -2.06. The monoisotopic (exact) mass is 412 g/mol. The number of aromatic nitrogens is 2. The predicted molar refractivity (Wildman–Crippen MR) is 106 cm³/mol. The lowest BCUT2D eigenvalue weighted by molar-refractivity contribution is 0.863. The topological polar surface area (TPSA) is 42.2 Å². The summed E-state index contributed by atoms with van der Waals surface area (Å²) in [6, 6.07) is 12.8. The molecule has 0 spiro atoms. The van der Waals surface area contributed by atoms with Crippen molar-refractivity contribution in [2.45, 2.75) is 6.92 Å². The molecular formula is C17H12Cl4N4. The Morgan fingerprint density at radius 1 is 1.04 bits per heavy atom. The number of hydrogen-bond acceptors (Lipinski definition) is 3. The van der Waals surface area contributed by atoms with E-state index < -0.39 is 0 Å². The second-order valence-corrected chi connectivity index (χ2v) is 6.76. The van der Waals surface area contributed by atoms with Crippen LogP contribution in [-0.4, -0.2) is 16.0 Å². The number of aryl methyl sites for hydroxylation is 1. The van der Waals surface area contributed by atoms with E-state index in [-0.39, 0.29) is 0 Å². The Kier molecular flexibility index (Phi) is 5.54. The molecule has 0 unspecified atom stereocenters. The molecular weight excluding hydrogens is 402 g/mol. The Balaban J connectivity index is 1.87. The summed E-state index contributed by atoms with van der Waals surface area (Å²) in [6.45, 7) is 1.86. The normalized spacial score (nSPS) is 11.2. The lowest BCUT2D eigenvalue weighted by Crippen LogP contribution is -1.96. The first-order valence-electron chi connectivity index (χ1n) is 7.21. The van der Waals surface area contributed by atoms with Gasteiger partial charge in [-0.05, 0) is 31.2 Å². The molecule has 25 heavy (non-hydrogen) atoms. The minimum Gasteiger partial charge on any atom is -0.275 e. The van der Waals surface area contributed by atoms with Gasteiger partial charge in [0.2, 0.25) is 0 Å². The minimum absolute atomic E-state index is 0.373. The number of anilines is 1. The van der Waals surface area contributed by atoms with E-state index in [0.29, 0.717) is 31.5 Å². The number of halogens is 4. The molecule has 0 saturated heterocycles. The number of rotatable bonds is 4. The summed E-state index contributed by atoms with van der Waals surface area (Å²) in [5, 5.41) is 10.3. The zero-order valence-electron chi connectivity index (χ0n) is 13.0. The van der Waals surface area contributed by atoms with Gasteiger partial charge < -0.3 is 0 Å². The summed E-state index contributed by atoms with van der Waals surface area (Å²) >= 11 is 24.6. The highest BCUT2D eigenvalue weighted by molar-refractivity contribution is 6.41.